The van der Waals surface area contributed by atoms with Crippen molar-refractivity contribution < 1.29 is 9.59 Å². The number of nitrogens with one attached hydrogen (secondary N) is 2. The van der Waals surface area contributed by atoms with Gasteiger partial charge in [0.2, 0.25) is 5.91 Å². The topological polar surface area (TPSA) is 61.4 Å². The fourth-order valence-electron chi connectivity index (χ4n) is 3.65. The summed E-state index contributed by atoms with van der Waals surface area (Å²) in [7, 11) is 0. The van der Waals surface area contributed by atoms with Gasteiger partial charge in [0, 0.05) is 32.2 Å². The number of hydrogen-bond donors (Lipinski definition) is 2. The van der Waals surface area contributed by atoms with E-state index in [0.29, 0.717) is 19.0 Å². The Morgan fingerprint density at radius 3 is 2.78 bits per heavy atom. The summed E-state index contributed by atoms with van der Waals surface area (Å²) in [5.74, 6) is 0.595. The van der Waals surface area contributed by atoms with Gasteiger partial charge in [-0.3, -0.25) is 4.79 Å². The second-order valence-corrected chi connectivity index (χ2v) is 6.63. The zero-order valence-electron chi connectivity index (χ0n) is 13.7. The minimum absolute atomic E-state index is 0.0347. The highest BCUT2D eigenvalue weighted by atomic mass is 16.2. The van der Waals surface area contributed by atoms with Gasteiger partial charge in [0.1, 0.15) is 0 Å². The Morgan fingerprint density at radius 2 is 2.04 bits per heavy atom. The summed E-state index contributed by atoms with van der Waals surface area (Å²) in [6.45, 7) is 3.62. The standard InChI is InChI=1S/C18H25N3O2/c1-13(22)20-17-8-4-7-15-12-21(10-9-16(15)17)18(23)19-11-14-5-2-3-6-14/h4,7-8,14H,2-3,5-6,9-12H2,1H3,(H,19,23)(H,20,22). The second-order valence-electron chi connectivity index (χ2n) is 6.63. The normalized spacial score (nSPS) is 17.7. The largest absolute Gasteiger partial charge is 0.338 e. The lowest BCUT2D eigenvalue weighted by Crippen LogP contribution is -2.44. The maximum absolute atomic E-state index is 12.4. The molecule has 1 aliphatic heterocycles. The van der Waals surface area contributed by atoms with Crippen LogP contribution in [0.5, 0.6) is 0 Å². The number of carbonyl (C=O) groups excluding carboxylic acids is 2. The third kappa shape index (κ3) is 3.84. The predicted molar refractivity (Wildman–Crippen MR) is 90.2 cm³/mol. The third-order valence-electron chi connectivity index (χ3n) is 4.88. The van der Waals surface area contributed by atoms with Crippen LogP contribution in [0.3, 0.4) is 0 Å². The highest BCUT2D eigenvalue weighted by Crippen LogP contribution is 2.27. The van der Waals surface area contributed by atoms with Crippen molar-refractivity contribution in [2.75, 3.05) is 18.4 Å². The summed E-state index contributed by atoms with van der Waals surface area (Å²) in [6, 6.07) is 5.93. The molecule has 1 aromatic carbocycles. The van der Waals surface area contributed by atoms with Crippen LogP contribution in [0.2, 0.25) is 0 Å². The van der Waals surface area contributed by atoms with Gasteiger partial charge >= 0.3 is 6.03 Å². The van der Waals surface area contributed by atoms with E-state index in [0.717, 1.165) is 29.8 Å². The molecule has 3 amide bonds. The highest BCUT2D eigenvalue weighted by Gasteiger charge is 2.23. The quantitative estimate of drug-likeness (QED) is 0.901. The lowest BCUT2D eigenvalue weighted by Gasteiger charge is -2.30. The Bertz CT molecular complexity index is 594. The molecule has 1 aliphatic carbocycles. The molecule has 0 atom stereocenters. The van der Waals surface area contributed by atoms with Crippen LogP contribution in [0.15, 0.2) is 18.2 Å². The van der Waals surface area contributed by atoms with Crippen molar-refractivity contribution in [3.63, 3.8) is 0 Å². The van der Waals surface area contributed by atoms with Crippen molar-refractivity contribution >= 4 is 17.6 Å². The van der Waals surface area contributed by atoms with Gasteiger partial charge in [-0.1, -0.05) is 25.0 Å². The highest BCUT2D eigenvalue weighted by molar-refractivity contribution is 5.90. The number of anilines is 1. The van der Waals surface area contributed by atoms with Crippen molar-refractivity contribution in [2.24, 2.45) is 5.92 Å². The van der Waals surface area contributed by atoms with E-state index in [9.17, 15) is 9.59 Å². The maximum atomic E-state index is 12.4. The number of urea groups is 1. The smallest absolute Gasteiger partial charge is 0.317 e. The van der Waals surface area contributed by atoms with Gasteiger partial charge in [-0.2, -0.15) is 0 Å². The van der Waals surface area contributed by atoms with E-state index in [1.807, 2.05) is 23.1 Å². The summed E-state index contributed by atoms with van der Waals surface area (Å²) >= 11 is 0. The minimum Gasteiger partial charge on any atom is -0.338 e. The van der Waals surface area contributed by atoms with Crippen molar-refractivity contribution in [3.8, 4) is 0 Å². The van der Waals surface area contributed by atoms with E-state index in [2.05, 4.69) is 10.6 Å². The number of carbonyl (C=O) groups is 2. The Labute approximate surface area is 137 Å². The van der Waals surface area contributed by atoms with Crippen molar-refractivity contribution in [1.29, 1.82) is 0 Å². The van der Waals surface area contributed by atoms with E-state index in [1.165, 1.54) is 32.6 Å². The molecular weight excluding hydrogens is 290 g/mol. The summed E-state index contributed by atoms with van der Waals surface area (Å²) in [6.07, 6.45) is 5.85. The number of benzene rings is 1. The van der Waals surface area contributed by atoms with E-state index < -0.39 is 0 Å². The van der Waals surface area contributed by atoms with Crippen molar-refractivity contribution in [3.05, 3.63) is 29.3 Å². The molecule has 1 aromatic rings. The maximum Gasteiger partial charge on any atom is 0.317 e. The Balaban J connectivity index is 1.61. The molecule has 1 saturated carbocycles. The number of amides is 3. The average molecular weight is 315 g/mol. The summed E-state index contributed by atoms with van der Waals surface area (Å²) in [4.78, 5) is 25.5. The Kier molecular flexibility index (Phi) is 4.84. The first-order valence-corrected chi connectivity index (χ1v) is 8.54. The van der Waals surface area contributed by atoms with E-state index in [1.54, 1.807) is 0 Å². The molecule has 0 spiro atoms. The molecule has 0 bridgehead atoms. The van der Waals surface area contributed by atoms with Crippen LogP contribution in [0.1, 0.15) is 43.7 Å². The number of hydrogen-bond acceptors (Lipinski definition) is 2. The molecule has 0 radical (unpaired) electrons. The van der Waals surface area contributed by atoms with Gasteiger partial charge in [0.25, 0.3) is 0 Å². The van der Waals surface area contributed by atoms with E-state index in [-0.39, 0.29) is 11.9 Å². The van der Waals surface area contributed by atoms with Crippen molar-refractivity contribution in [2.45, 2.75) is 45.6 Å². The molecule has 5 heteroatoms. The van der Waals surface area contributed by atoms with Crippen LogP contribution >= 0.6 is 0 Å². The SMILES string of the molecule is CC(=O)Nc1cccc2c1CCN(C(=O)NCC1CCCC1)C2. The van der Waals surface area contributed by atoms with Gasteiger partial charge in [-0.15, -0.1) is 0 Å². The molecule has 0 aromatic heterocycles. The fraction of sp³-hybridized carbons (Fsp3) is 0.556. The molecular formula is C18H25N3O2. The second kappa shape index (κ2) is 7.02. The molecule has 2 aliphatic rings. The van der Waals surface area contributed by atoms with Gasteiger partial charge in [0.05, 0.1) is 0 Å². The molecule has 5 nitrogen and oxygen atoms in total. The van der Waals surface area contributed by atoms with Crippen LogP contribution in [-0.4, -0.2) is 29.9 Å². The molecule has 1 fully saturated rings. The third-order valence-corrected chi connectivity index (χ3v) is 4.88. The van der Waals surface area contributed by atoms with Crippen LogP contribution in [0, 0.1) is 5.92 Å². The molecule has 2 N–H and O–H groups in total. The molecule has 124 valence electrons. The first kappa shape index (κ1) is 15.8. The first-order valence-electron chi connectivity index (χ1n) is 8.54. The molecule has 1 heterocycles. The van der Waals surface area contributed by atoms with Crippen LogP contribution in [-0.2, 0) is 17.8 Å². The molecule has 3 rings (SSSR count). The lowest BCUT2D eigenvalue weighted by molar-refractivity contribution is -0.114. The van der Waals surface area contributed by atoms with Gasteiger partial charge in [0.15, 0.2) is 0 Å². The van der Waals surface area contributed by atoms with E-state index in [4.69, 9.17) is 0 Å². The fourth-order valence-corrected chi connectivity index (χ4v) is 3.65. The van der Waals surface area contributed by atoms with Gasteiger partial charge < -0.3 is 15.5 Å². The molecule has 23 heavy (non-hydrogen) atoms. The Morgan fingerprint density at radius 1 is 1.26 bits per heavy atom. The summed E-state index contributed by atoms with van der Waals surface area (Å²) < 4.78 is 0. The van der Waals surface area contributed by atoms with Gasteiger partial charge in [-0.25, -0.2) is 4.79 Å². The average Bonchev–Trinajstić information content (AvgIpc) is 3.05. The van der Waals surface area contributed by atoms with Crippen LogP contribution in [0.4, 0.5) is 10.5 Å². The summed E-state index contributed by atoms with van der Waals surface area (Å²) in [5, 5.41) is 5.97. The zero-order valence-corrected chi connectivity index (χ0v) is 13.7. The molecule has 0 unspecified atom stereocenters. The number of rotatable bonds is 3. The van der Waals surface area contributed by atoms with Crippen LogP contribution in [0.25, 0.3) is 0 Å². The summed E-state index contributed by atoms with van der Waals surface area (Å²) in [5.41, 5.74) is 3.15. The zero-order chi connectivity index (χ0) is 16.2. The monoisotopic (exact) mass is 315 g/mol. The van der Waals surface area contributed by atoms with Gasteiger partial charge in [-0.05, 0) is 42.4 Å². The lowest BCUT2D eigenvalue weighted by atomic mass is 9.98. The first-order chi connectivity index (χ1) is 11.1. The number of fused-ring (bicyclic) bond motifs is 1. The van der Waals surface area contributed by atoms with Crippen LogP contribution < -0.4 is 10.6 Å². The minimum atomic E-state index is -0.0601. The Hall–Kier alpha value is -2.04. The molecule has 0 saturated heterocycles. The number of nitrogens with zero attached hydrogens (tertiary/aromatic N) is 1. The van der Waals surface area contributed by atoms with Crippen molar-refractivity contribution in [1.82, 2.24) is 10.2 Å². The predicted octanol–water partition coefficient (Wildman–Crippen LogP) is 2.90. The van der Waals surface area contributed by atoms with E-state index >= 15 is 0 Å².